The van der Waals surface area contributed by atoms with Gasteiger partial charge in [0, 0.05) is 18.8 Å². The molecule has 0 saturated carbocycles. The van der Waals surface area contributed by atoms with Crippen LogP contribution in [0.1, 0.15) is 33.1 Å². The van der Waals surface area contributed by atoms with Crippen LogP contribution in [0.5, 0.6) is 0 Å². The molecule has 0 aromatic carbocycles. The molecule has 0 amide bonds. The average Bonchev–Trinajstić information content (AvgIpc) is 2.16. The van der Waals surface area contributed by atoms with Gasteiger partial charge in [0.25, 0.3) is 0 Å². The maximum absolute atomic E-state index is 11.6. The Morgan fingerprint density at radius 1 is 1.33 bits per heavy atom. The minimum atomic E-state index is -2.96. The Bertz CT molecular complexity index is 292. The second-order valence-electron chi connectivity index (χ2n) is 4.64. The van der Waals surface area contributed by atoms with Gasteiger partial charge >= 0.3 is 0 Å². The zero-order chi connectivity index (χ0) is 11.5. The smallest absolute Gasteiger partial charge is 0.152 e. The molecule has 1 rings (SSSR count). The molecule has 0 atom stereocenters. The van der Waals surface area contributed by atoms with Crippen LogP contribution in [0, 0.1) is 0 Å². The van der Waals surface area contributed by atoms with Crippen LogP contribution in [-0.4, -0.2) is 38.2 Å². The van der Waals surface area contributed by atoms with Crippen LogP contribution in [-0.2, 0) is 14.6 Å². The first-order chi connectivity index (χ1) is 6.86. The summed E-state index contributed by atoms with van der Waals surface area (Å²) in [4.78, 5) is 0. The van der Waals surface area contributed by atoms with E-state index in [2.05, 4.69) is 0 Å². The molecule has 2 N–H and O–H groups in total. The molecule has 4 nitrogen and oxygen atoms in total. The normalized spacial score (nSPS) is 21.9. The summed E-state index contributed by atoms with van der Waals surface area (Å²) < 4.78 is 28.5. The van der Waals surface area contributed by atoms with Gasteiger partial charge in [0.15, 0.2) is 9.84 Å². The third-order valence-corrected chi connectivity index (χ3v) is 5.30. The van der Waals surface area contributed by atoms with E-state index >= 15 is 0 Å². The summed E-state index contributed by atoms with van der Waals surface area (Å²) in [5.41, 5.74) is 5.79. The van der Waals surface area contributed by atoms with Gasteiger partial charge in [0.2, 0.25) is 0 Å². The van der Waals surface area contributed by atoms with Crippen LogP contribution in [0.4, 0.5) is 0 Å². The highest BCUT2D eigenvalue weighted by atomic mass is 32.2. The zero-order valence-electron chi connectivity index (χ0n) is 9.53. The Labute approximate surface area is 92.1 Å². The Morgan fingerprint density at radius 2 is 1.87 bits per heavy atom. The highest BCUT2D eigenvalue weighted by Crippen LogP contribution is 2.22. The maximum atomic E-state index is 11.6. The molecule has 0 radical (unpaired) electrons. The van der Waals surface area contributed by atoms with Crippen molar-refractivity contribution in [3.05, 3.63) is 0 Å². The molecule has 0 aromatic heterocycles. The van der Waals surface area contributed by atoms with E-state index in [1.807, 2.05) is 0 Å². The second-order valence-corrected chi connectivity index (χ2v) is 7.32. The third-order valence-electron chi connectivity index (χ3n) is 3.09. The predicted molar refractivity (Wildman–Crippen MR) is 60.5 cm³/mol. The van der Waals surface area contributed by atoms with E-state index < -0.39 is 9.84 Å². The Hall–Kier alpha value is -0.130. The fourth-order valence-corrected chi connectivity index (χ4v) is 2.77. The number of rotatable bonds is 4. The van der Waals surface area contributed by atoms with Gasteiger partial charge in [-0.05, 0) is 33.1 Å². The van der Waals surface area contributed by atoms with Crippen LogP contribution in [0.15, 0.2) is 0 Å². The van der Waals surface area contributed by atoms with Crippen molar-refractivity contribution in [3.63, 3.8) is 0 Å². The maximum Gasteiger partial charge on any atom is 0.152 e. The van der Waals surface area contributed by atoms with Crippen LogP contribution < -0.4 is 5.73 Å². The van der Waals surface area contributed by atoms with Gasteiger partial charge in [-0.2, -0.15) is 0 Å². The molecule has 5 heteroatoms. The molecule has 1 saturated heterocycles. The van der Waals surface area contributed by atoms with Gasteiger partial charge in [-0.25, -0.2) is 8.42 Å². The Kier molecular flexibility index (Phi) is 4.14. The van der Waals surface area contributed by atoms with Gasteiger partial charge in [-0.3, -0.25) is 0 Å². The molecule has 15 heavy (non-hydrogen) atoms. The number of hydrogen-bond acceptors (Lipinski definition) is 4. The Morgan fingerprint density at radius 3 is 2.33 bits per heavy atom. The van der Waals surface area contributed by atoms with Crippen LogP contribution in [0.25, 0.3) is 0 Å². The number of ether oxygens (including phenoxy) is 1. The van der Waals surface area contributed by atoms with Gasteiger partial charge in [-0.15, -0.1) is 0 Å². The highest BCUT2D eigenvalue weighted by Gasteiger charge is 2.30. The molecule has 1 aliphatic rings. The van der Waals surface area contributed by atoms with Gasteiger partial charge in [-0.1, -0.05) is 0 Å². The fourth-order valence-electron chi connectivity index (χ4n) is 1.61. The molecular weight excluding hydrogens is 214 g/mol. The average molecular weight is 235 g/mol. The lowest BCUT2D eigenvalue weighted by Crippen LogP contribution is -2.46. The zero-order valence-corrected chi connectivity index (χ0v) is 10.3. The second kappa shape index (κ2) is 4.80. The third kappa shape index (κ3) is 3.74. The standard InChI is InChI=1S/C10H21NO3S/c1-9(2)15(12,13)8-5-10(11)3-6-14-7-4-10/h9H,3-8,11H2,1-2H3. The summed E-state index contributed by atoms with van der Waals surface area (Å²) in [6.07, 6.45) is 2.08. The van der Waals surface area contributed by atoms with Crippen molar-refractivity contribution in [2.24, 2.45) is 5.73 Å². The summed E-state index contributed by atoms with van der Waals surface area (Å²) >= 11 is 0. The van der Waals surface area contributed by atoms with E-state index in [1.165, 1.54) is 0 Å². The van der Waals surface area contributed by atoms with Crippen molar-refractivity contribution in [3.8, 4) is 0 Å². The van der Waals surface area contributed by atoms with Gasteiger partial charge in [0.1, 0.15) is 0 Å². The highest BCUT2D eigenvalue weighted by molar-refractivity contribution is 7.91. The van der Waals surface area contributed by atoms with E-state index in [0.717, 1.165) is 12.8 Å². The first kappa shape index (κ1) is 12.9. The quantitative estimate of drug-likeness (QED) is 0.779. The molecule has 0 spiro atoms. The van der Waals surface area contributed by atoms with E-state index in [-0.39, 0.29) is 16.5 Å². The lowest BCUT2D eigenvalue weighted by atomic mass is 9.89. The first-order valence-corrected chi connectivity index (χ1v) is 7.15. The van der Waals surface area contributed by atoms with Crippen molar-refractivity contribution >= 4 is 9.84 Å². The van der Waals surface area contributed by atoms with Crippen molar-refractivity contribution < 1.29 is 13.2 Å². The molecule has 0 aromatic rings. The van der Waals surface area contributed by atoms with Crippen molar-refractivity contribution in [1.29, 1.82) is 0 Å². The molecule has 0 unspecified atom stereocenters. The molecule has 1 fully saturated rings. The minimum absolute atomic E-state index is 0.196. The van der Waals surface area contributed by atoms with Crippen LogP contribution in [0.2, 0.25) is 0 Å². The number of hydrogen-bond donors (Lipinski definition) is 1. The van der Waals surface area contributed by atoms with Gasteiger partial charge in [0.05, 0.1) is 11.0 Å². The van der Waals surface area contributed by atoms with Crippen molar-refractivity contribution in [2.75, 3.05) is 19.0 Å². The molecule has 0 aliphatic carbocycles. The molecule has 90 valence electrons. The summed E-state index contributed by atoms with van der Waals surface area (Å²) in [7, 11) is -2.96. The van der Waals surface area contributed by atoms with E-state index in [0.29, 0.717) is 19.6 Å². The largest absolute Gasteiger partial charge is 0.381 e. The minimum Gasteiger partial charge on any atom is -0.381 e. The van der Waals surface area contributed by atoms with Crippen LogP contribution in [0.3, 0.4) is 0 Å². The SMILES string of the molecule is CC(C)S(=O)(=O)CCC1(N)CCOCC1. The molecule has 1 aliphatic heterocycles. The summed E-state index contributed by atoms with van der Waals surface area (Å²) in [5, 5.41) is -0.305. The van der Waals surface area contributed by atoms with Crippen LogP contribution >= 0.6 is 0 Å². The first-order valence-electron chi connectivity index (χ1n) is 5.44. The van der Waals surface area contributed by atoms with E-state index in [1.54, 1.807) is 13.8 Å². The lowest BCUT2D eigenvalue weighted by molar-refractivity contribution is 0.0522. The monoisotopic (exact) mass is 235 g/mol. The van der Waals surface area contributed by atoms with Crippen molar-refractivity contribution in [2.45, 2.75) is 43.9 Å². The number of nitrogens with two attached hydrogens (primary N) is 1. The number of sulfone groups is 1. The summed E-state index contributed by atoms with van der Waals surface area (Å²) in [6.45, 7) is 4.72. The van der Waals surface area contributed by atoms with Gasteiger partial charge < -0.3 is 10.5 Å². The summed E-state index contributed by atoms with van der Waals surface area (Å²) in [6, 6.07) is 0. The predicted octanol–water partition coefficient (Wildman–Crippen LogP) is 0.708. The topological polar surface area (TPSA) is 69.4 Å². The molecular formula is C10H21NO3S. The summed E-state index contributed by atoms with van der Waals surface area (Å²) in [5.74, 6) is 0.196. The van der Waals surface area contributed by atoms with E-state index in [4.69, 9.17) is 10.5 Å². The molecule has 0 bridgehead atoms. The Balaban J connectivity index is 2.48. The lowest BCUT2D eigenvalue weighted by Gasteiger charge is -2.33. The van der Waals surface area contributed by atoms with Crippen molar-refractivity contribution in [1.82, 2.24) is 0 Å². The molecule has 1 heterocycles. The fraction of sp³-hybridized carbons (Fsp3) is 1.00. The van der Waals surface area contributed by atoms with E-state index in [9.17, 15) is 8.42 Å².